The van der Waals surface area contributed by atoms with E-state index in [4.69, 9.17) is 11.2 Å². The summed E-state index contributed by atoms with van der Waals surface area (Å²) in [5, 5.41) is 11.0. The maximum atomic E-state index is 12.2. The van der Waals surface area contributed by atoms with Gasteiger partial charge in [-0.25, -0.2) is 0 Å². The first kappa shape index (κ1) is 19.4. The zero-order chi connectivity index (χ0) is 19.0. The van der Waals surface area contributed by atoms with Crippen LogP contribution >= 0.6 is 0 Å². The maximum Gasteiger partial charge on any atom is 0.224 e. The Morgan fingerprint density at radius 2 is 2.07 bits per heavy atom. The number of likely N-dealkylation sites (tertiary alicyclic amines) is 1. The van der Waals surface area contributed by atoms with Crippen molar-refractivity contribution in [2.24, 2.45) is 10.2 Å². The molecule has 0 aliphatic carbocycles. The summed E-state index contributed by atoms with van der Waals surface area (Å²) < 4.78 is 5.86. The molecule has 1 saturated heterocycles. The molecule has 1 fully saturated rings. The van der Waals surface area contributed by atoms with Crippen LogP contribution in [0.25, 0.3) is 0 Å². The predicted octanol–water partition coefficient (Wildman–Crippen LogP) is 3.85. The van der Waals surface area contributed by atoms with Gasteiger partial charge in [0.1, 0.15) is 12.4 Å². The second-order valence-corrected chi connectivity index (χ2v) is 7.21. The van der Waals surface area contributed by atoms with Crippen molar-refractivity contribution < 1.29 is 9.53 Å². The van der Waals surface area contributed by atoms with Crippen LogP contribution in [0.3, 0.4) is 0 Å². The summed E-state index contributed by atoms with van der Waals surface area (Å²) in [6.07, 6.45) is 11.5. The molecule has 0 atom stereocenters. The SMILES string of the molecule is C#CCCC1(CCC(=O)Nc2cccc(OCCN3CCCCC3)c2)N=N1. The van der Waals surface area contributed by atoms with Gasteiger partial charge in [-0.2, -0.15) is 10.2 Å². The largest absolute Gasteiger partial charge is 0.492 e. The fourth-order valence-electron chi connectivity index (χ4n) is 3.34. The van der Waals surface area contributed by atoms with E-state index in [0.717, 1.165) is 24.4 Å². The quantitative estimate of drug-likeness (QED) is 0.638. The highest BCUT2D eigenvalue weighted by Crippen LogP contribution is 2.37. The highest BCUT2D eigenvalue weighted by Gasteiger charge is 2.39. The Kier molecular flexibility index (Phi) is 6.83. The molecule has 0 spiro atoms. The van der Waals surface area contributed by atoms with Gasteiger partial charge in [-0.3, -0.25) is 9.69 Å². The van der Waals surface area contributed by atoms with Crippen LogP contribution in [0.1, 0.15) is 44.9 Å². The average Bonchev–Trinajstić information content (AvgIpc) is 3.46. The third-order valence-corrected chi connectivity index (χ3v) is 5.05. The number of terminal acetylenes is 1. The minimum absolute atomic E-state index is 0.0437. The molecule has 0 bridgehead atoms. The topological polar surface area (TPSA) is 66.3 Å². The lowest BCUT2D eigenvalue weighted by molar-refractivity contribution is -0.116. The molecule has 144 valence electrons. The number of nitrogens with zero attached hydrogens (tertiary/aromatic N) is 3. The molecular formula is C21H28N4O2. The summed E-state index contributed by atoms with van der Waals surface area (Å²) in [6.45, 7) is 3.95. The molecular weight excluding hydrogens is 340 g/mol. The van der Waals surface area contributed by atoms with Gasteiger partial charge in [-0.1, -0.05) is 12.5 Å². The number of ether oxygens (including phenoxy) is 1. The summed E-state index contributed by atoms with van der Waals surface area (Å²) in [4.78, 5) is 14.7. The minimum Gasteiger partial charge on any atom is -0.492 e. The van der Waals surface area contributed by atoms with Crippen LogP contribution < -0.4 is 10.1 Å². The van der Waals surface area contributed by atoms with E-state index in [2.05, 4.69) is 26.4 Å². The normalized spacial score (nSPS) is 17.9. The Morgan fingerprint density at radius 1 is 1.26 bits per heavy atom. The Bertz CT molecular complexity index is 698. The highest BCUT2D eigenvalue weighted by atomic mass is 16.5. The summed E-state index contributed by atoms with van der Waals surface area (Å²) in [6, 6.07) is 7.55. The second kappa shape index (κ2) is 9.52. The summed E-state index contributed by atoms with van der Waals surface area (Å²) in [5.74, 6) is 3.33. The lowest BCUT2D eigenvalue weighted by Crippen LogP contribution is -2.33. The molecule has 27 heavy (non-hydrogen) atoms. The summed E-state index contributed by atoms with van der Waals surface area (Å²) in [7, 11) is 0. The summed E-state index contributed by atoms with van der Waals surface area (Å²) >= 11 is 0. The maximum absolute atomic E-state index is 12.2. The van der Waals surface area contributed by atoms with Crippen LogP contribution in [0, 0.1) is 12.3 Å². The van der Waals surface area contributed by atoms with E-state index in [1.165, 1.54) is 32.4 Å². The first-order chi connectivity index (χ1) is 13.2. The number of anilines is 1. The van der Waals surface area contributed by atoms with Crippen LogP contribution in [0.4, 0.5) is 5.69 Å². The molecule has 1 aromatic rings. The number of piperidine rings is 1. The molecule has 0 radical (unpaired) electrons. The molecule has 1 N–H and O–H groups in total. The van der Waals surface area contributed by atoms with Crippen LogP contribution in [0.5, 0.6) is 5.75 Å². The monoisotopic (exact) mass is 368 g/mol. The number of rotatable bonds is 10. The molecule has 0 unspecified atom stereocenters. The van der Waals surface area contributed by atoms with Gasteiger partial charge in [-0.05, 0) is 38.1 Å². The molecule has 0 saturated carbocycles. The van der Waals surface area contributed by atoms with Crippen LogP contribution in [-0.4, -0.2) is 42.7 Å². The van der Waals surface area contributed by atoms with Gasteiger partial charge in [0.05, 0.1) is 0 Å². The van der Waals surface area contributed by atoms with Crippen molar-refractivity contribution in [1.29, 1.82) is 0 Å². The predicted molar refractivity (Wildman–Crippen MR) is 106 cm³/mol. The Hall–Kier alpha value is -2.39. The van der Waals surface area contributed by atoms with E-state index < -0.39 is 5.66 Å². The fraction of sp³-hybridized carbons (Fsp3) is 0.571. The number of carbonyl (C=O) groups excluding carboxylic acids is 1. The molecule has 2 aliphatic heterocycles. The molecule has 6 nitrogen and oxygen atoms in total. The van der Waals surface area contributed by atoms with Crippen molar-refractivity contribution in [3.8, 4) is 18.1 Å². The average molecular weight is 368 g/mol. The second-order valence-electron chi connectivity index (χ2n) is 7.21. The third kappa shape index (κ3) is 6.37. The zero-order valence-corrected chi connectivity index (χ0v) is 15.8. The van der Waals surface area contributed by atoms with Crippen molar-refractivity contribution in [3.63, 3.8) is 0 Å². The molecule has 1 aromatic carbocycles. The van der Waals surface area contributed by atoms with Gasteiger partial charge < -0.3 is 10.1 Å². The van der Waals surface area contributed by atoms with Crippen molar-refractivity contribution in [3.05, 3.63) is 24.3 Å². The van der Waals surface area contributed by atoms with Crippen molar-refractivity contribution in [2.75, 3.05) is 31.6 Å². The number of hydrogen-bond acceptors (Lipinski definition) is 5. The molecule has 2 heterocycles. The fourth-order valence-corrected chi connectivity index (χ4v) is 3.34. The third-order valence-electron chi connectivity index (χ3n) is 5.05. The van der Waals surface area contributed by atoms with E-state index in [1.807, 2.05) is 24.3 Å². The van der Waals surface area contributed by atoms with E-state index in [9.17, 15) is 4.79 Å². The first-order valence-corrected chi connectivity index (χ1v) is 9.82. The van der Waals surface area contributed by atoms with Gasteiger partial charge >= 0.3 is 0 Å². The number of benzene rings is 1. The van der Waals surface area contributed by atoms with Gasteiger partial charge in [0.2, 0.25) is 5.91 Å². The minimum atomic E-state index is -0.414. The Balaban J connectivity index is 1.39. The van der Waals surface area contributed by atoms with Gasteiger partial charge in [0.25, 0.3) is 0 Å². The van der Waals surface area contributed by atoms with Gasteiger partial charge in [0, 0.05) is 44.0 Å². The lowest BCUT2D eigenvalue weighted by Gasteiger charge is -2.26. The molecule has 1 amide bonds. The smallest absolute Gasteiger partial charge is 0.224 e. The lowest BCUT2D eigenvalue weighted by atomic mass is 10.0. The van der Waals surface area contributed by atoms with Crippen LogP contribution in [0.15, 0.2) is 34.5 Å². The van der Waals surface area contributed by atoms with Crippen LogP contribution in [0.2, 0.25) is 0 Å². The number of hydrogen-bond donors (Lipinski definition) is 1. The van der Waals surface area contributed by atoms with E-state index in [-0.39, 0.29) is 5.91 Å². The van der Waals surface area contributed by atoms with E-state index >= 15 is 0 Å². The number of carbonyl (C=O) groups is 1. The molecule has 3 rings (SSSR count). The Labute approximate surface area is 161 Å². The van der Waals surface area contributed by atoms with Gasteiger partial charge in [-0.15, -0.1) is 12.3 Å². The van der Waals surface area contributed by atoms with Crippen molar-refractivity contribution in [2.45, 2.75) is 50.6 Å². The number of nitrogens with one attached hydrogen (secondary N) is 1. The van der Waals surface area contributed by atoms with E-state index in [1.54, 1.807) is 0 Å². The standard InChI is InChI=1S/C21H28N4O2/c1-2-3-11-21(23-24-21)12-10-20(26)22-18-8-7-9-19(17-18)27-16-15-25-13-5-4-6-14-25/h1,7-9,17H,3-6,10-16H2,(H,22,26). The molecule has 6 heteroatoms. The molecule has 2 aliphatic rings. The van der Waals surface area contributed by atoms with Crippen LogP contribution in [-0.2, 0) is 4.79 Å². The first-order valence-electron chi connectivity index (χ1n) is 9.82. The zero-order valence-electron chi connectivity index (χ0n) is 15.8. The number of amides is 1. The van der Waals surface area contributed by atoms with E-state index in [0.29, 0.717) is 25.9 Å². The molecule has 0 aromatic heterocycles. The highest BCUT2D eigenvalue weighted by molar-refractivity contribution is 5.90. The van der Waals surface area contributed by atoms with Crippen molar-refractivity contribution in [1.82, 2.24) is 4.90 Å². The van der Waals surface area contributed by atoms with Gasteiger partial charge in [0.15, 0.2) is 5.66 Å². The Morgan fingerprint density at radius 3 is 2.81 bits per heavy atom. The van der Waals surface area contributed by atoms with Crippen molar-refractivity contribution >= 4 is 11.6 Å². The summed E-state index contributed by atoms with van der Waals surface area (Å²) in [5.41, 5.74) is 0.334.